The van der Waals surface area contributed by atoms with Gasteiger partial charge >= 0.3 is 6.09 Å². The van der Waals surface area contributed by atoms with Crippen molar-refractivity contribution in [1.82, 2.24) is 9.88 Å². The van der Waals surface area contributed by atoms with E-state index in [1.807, 2.05) is 27.7 Å². The summed E-state index contributed by atoms with van der Waals surface area (Å²) < 4.78 is 16.8. The molecule has 0 aromatic carbocycles. The van der Waals surface area contributed by atoms with Gasteiger partial charge < -0.3 is 19.1 Å². The number of hydrogen-bond acceptors (Lipinski definition) is 6. The van der Waals surface area contributed by atoms with E-state index in [4.69, 9.17) is 25.8 Å². The first kappa shape index (κ1) is 24.0. The zero-order valence-electron chi connectivity index (χ0n) is 18.9. The summed E-state index contributed by atoms with van der Waals surface area (Å²) in [4.78, 5) is 31.6. The summed E-state index contributed by atoms with van der Waals surface area (Å²) in [5, 5.41) is 0.374. The lowest BCUT2D eigenvalue weighted by Gasteiger charge is -2.38. The van der Waals surface area contributed by atoms with Gasteiger partial charge in [-0.15, -0.1) is 0 Å². The van der Waals surface area contributed by atoms with Gasteiger partial charge in [0.15, 0.2) is 12.1 Å². The summed E-state index contributed by atoms with van der Waals surface area (Å²) >= 11 is 6.45. The second-order valence-corrected chi connectivity index (χ2v) is 10.0. The Morgan fingerprint density at radius 2 is 2.00 bits per heavy atom. The molecule has 8 heteroatoms. The van der Waals surface area contributed by atoms with Gasteiger partial charge in [-0.3, -0.25) is 9.78 Å². The molecule has 0 radical (unpaired) electrons. The number of rotatable bonds is 5. The number of carbonyl (C=O) groups is 2. The predicted molar refractivity (Wildman–Crippen MR) is 117 cm³/mol. The van der Waals surface area contributed by atoms with E-state index in [1.165, 1.54) is 6.20 Å². The molecule has 0 aliphatic carbocycles. The Hall–Kier alpha value is -1.70. The van der Waals surface area contributed by atoms with Crippen molar-refractivity contribution in [3.8, 4) is 0 Å². The number of piperidine rings is 1. The molecule has 172 valence electrons. The van der Waals surface area contributed by atoms with Crippen LogP contribution in [0.3, 0.4) is 0 Å². The summed E-state index contributed by atoms with van der Waals surface area (Å²) in [6.45, 7) is 9.40. The van der Waals surface area contributed by atoms with Crippen molar-refractivity contribution >= 4 is 23.5 Å². The molecule has 31 heavy (non-hydrogen) atoms. The van der Waals surface area contributed by atoms with Crippen LogP contribution in [0.15, 0.2) is 12.3 Å². The van der Waals surface area contributed by atoms with Gasteiger partial charge in [0.05, 0.1) is 22.9 Å². The van der Waals surface area contributed by atoms with Gasteiger partial charge in [-0.2, -0.15) is 0 Å². The van der Waals surface area contributed by atoms with Crippen molar-refractivity contribution in [2.24, 2.45) is 5.41 Å². The molecule has 1 atom stereocenters. The largest absolute Gasteiger partial charge is 0.444 e. The molecule has 1 amide bonds. The molecule has 7 nitrogen and oxygen atoms in total. The van der Waals surface area contributed by atoms with Crippen LogP contribution in [0.1, 0.15) is 75.9 Å². The number of nitrogens with zero attached hydrogens (tertiary/aromatic N) is 2. The van der Waals surface area contributed by atoms with E-state index in [0.717, 1.165) is 25.9 Å². The summed E-state index contributed by atoms with van der Waals surface area (Å²) in [5.41, 5.74) is -0.0627. The van der Waals surface area contributed by atoms with Crippen molar-refractivity contribution in [3.05, 3.63) is 28.5 Å². The fraction of sp³-hybridized carbons (Fsp3) is 0.696. The summed E-state index contributed by atoms with van der Waals surface area (Å²) in [7, 11) is 0. The van der Waals surface area contributed by atoms with Gasteiger partial charge in [0.25, 0.3) is 0 Å². The molecule has 0 spiro atoms. The number of carbonyl (C=O) groups excluding carboxylic acids is 2. The van der Waals surface area contributed by atoms with Crippen LogP contribution < -0.4 is 0 Å². The Balaban J connectivity index is 1.58. The van der Waals surface area contributed by atoms with E-state index < -0.39 is 11.0 Å². The van der Waals surface area contributed by atoms with Crippen molar-refractivity contribution < 1.29 is 23.8 Å². The van der Waals surface area contributed by atoms with Crippen LogP contribution in [0.2, 0.25) is 5.02 Å². The first-order valence-corrected chi connectivity index (χ1v) is 11.4. The van der Waals surface area contributed by atoms with Crippen LogP contribution in [0.5, 0.6) is 0 Å². The number of amides is 1. The number of halogens is 1. The Morgan fingerprint density at radius 3 is 2.58 bits per heavy atom. The Bertz CT molecular complexity index is 794. The van der Waals surface area contributed by atoms with Gasteiger partial charge in [0, 0.05) is 31.3 Å². The van der Waals surface area contributed by atoms with E-state index in [-0.39, 0.29) is 18.2 Å². The minimum absolute atomic E-state index is 0.0445. The average molecular weight is 453 g/mol. The maximum Gasteiger partial charge on any atom is 0.410 e. The molecule has 0 N–H and O–H groups in total. The van der Waals surface area contributed by atoms with Gasteiger partial charge in [-0.1, -0.05) is 18.5 Å². The first-order chi connectivity index (χ1) is 14.6. The number of ether oxygens (including phenoxy) is 3. The van der Waals surface area contributed by atoms with Gasteiger partial charge in [0.2, 0.25) is 0 Å². The van der Waals surface area contributed by atoms with Gasteiger partial charge in [-0.05, 0) is 58.9 Å². The maximum atomic E-state index is 13.3. The smallest absolute Gasteiger partial charge is 0.410 e. The third-order valence-electron chi connectivity index (χ3n) is 5.78. The molecule has 3 heterocycles. The number of likely N-dealkylation sites (tertiary alicyclic amines) is 1. The Labute approximate surface area is 189 Å². The molecular weight excluding hydrogens is 420 g/mol. The van der Waals surface area contributed by atoms with Crippen LogP contribution in [0.4, 0.5) is 4.79 Å². The minimum atomic E-state index is -0.599. The second-order valence-electron chi connectivity index (χ2n) is 9.62. The molecule has 1 aromatic rings. The predicted octanol–water partition coefficient (Wildman–Crippen LogP) is 5.00. The quantitative estimate of drug-likeness (QED) is 0.585. The lowest BCUT2D eigenvalue weighted by atomic mass is 9.75. The van der Waals surface area contributed by atoms with Crippen molar-refractivity contribution in [2.45, 2.75) is 78.3 Å². The third-order valence-corrected chi connectivity index (χ3v) is 6.09. The first-order valence-electron chi connectivity index (χ1n) is 11.0. The molecule has 2 saturated heterocycles. The number of pyridine rings is 1. The highest BCUT2D eigenvalue weighted by Gasteiger charge is 2.40. The molecular formula is C23H33ClN2O5. The fourth-order valence-corrected chi connectivity index (χ4v) is 4.06. The second kappa shape index (κ2) is 9.84. The van der Waals surface area contributed by atoms with E-state index in [1.54, 1.807) is 11.0 Å². The summed E-state index contributed by atoms with van der Waals surface area (Å²) in [6, 6.07) is 1.69. The molecule has 2 fully saturated rings. The molecule has 0 bridgehead atoms. The summed E-state index contributed by atoms with van der Waals surface area (Å²) in [5.74, 6) is -0.0445. The third kappa shape index (κ3) is 6.40. The number of aromatic nitrogens is 1. The lowest BCUT2D eigenvalue weighted by Crippen LogP contribution is -2.46. The maximum absolute atomic E-state index is 13.3. The monoisotopic (exact) mass is 452 g/mol. The minimum Gasteiger partial charge on any atom is -0.444 e. The van der Waals surface area contributed by atoms with Gasteiger partial charge in [-0.25, -0.2) is 4.79 Å². The van der Waals surface area contributed by atoms with Crippen molar-refractivity contribution in [3.63, 3.8) is 0 Å². The van der Waals surface area contributed by atoms with Crippen LogP contribution in [-0.2, 0) is 20.8 Å². The molecule has 0 saturated carbocycles. The highest BCUT2D eigenvalue weighted by atomic mass is 35.5. The van der Waals surface area contributed by atoms with E-state index in [0.29, 0.717) is 48.8 Å². The molecule has 3 rings (SSSR count). The normalized spacial score (nSPS) is 21.6. The topological polar surface area (TPSA) is 78.0 Å². The Kier molecular flexibility index (Phi) is 7.60. The van der Waals surface area contributed by atoms with Crippen LogP contribution >= 0.6 is 11.6 Å². The van der Waals surface area contributed by atoms with Crippen molar-refractivity contribution in [2.75, 3.05) is 19.7 Å². The number of ketones is 1. The highest BCUT2D eigenvalue weighted by molar-refractivity contribution is 6.34. The lowest BCUT2D eigenvalue weighted by molar-refractivity contribution is -0.169. The standard InChI is InChI=1S/C23H33ClN2O5/c1-22(2,3)31-21(28)26-10-8-23(4,9-11-26)20(27)17-14-25-16(13-18(17)24)15-30-19-7-5-6-12-29-19/h13-14,19H,5-12,15H2,1-4H3. The zero-order chi connectivity index (χ0) is 22.6. The van der Waals surface area contributed by atoms with E-state index in [2.05, 4.69) is 4.98 Å². The number of Topliss-reactive ketones (excluding diaryl/α,β-unsaturated/α-hetero) is 1. The summed E-state index contributed by atoms with van der Waals surface area (Å²) in [6.07, 6.45) is 5.12. The SMILES string of the molecule is CC(C)(C)OC(=O)N1CCC(C)(C(=O)c2cnc(COC3CCCCO3)cc2Cl)CC1. The molecule has 1 aromatic heterocycles. The molecule has 1 unspecified atom stereocenters. The average Bonchev–Trinajstić information content (AvgIpc) is 2.72. The highest BCUT2D eigenvalue weighted by Crippen LogP contribution is 2.36. The Morgan fingerprint density at radius 1 is 1.29 bits per heavy atom. The van der Waals surface area contributed by atoms with Crippen molar-refractivity contribution in [1.29, 1.82) is 0 Å². The van der Waals surface area contributed by atoms with E-state index in [9.17, 15) is 9.59 Å². The zero-order valence-corrected chi connectivity index (χ0v) is 19.7. The van der Waals surface area contributed by atoms with Crippen LogP contribution in [0.25, 0.3) is 0 Å². The van der Waals surface area contributed by atoms with Crippen LogP contribution in [-0.4, -0.2) is 53.3 Å². The molecule has 2 aliphatic heterocycles. The van der Waals surface area contributed by atoms with Crippen LogP contribution in [0, 0.1) is 5.41 Å². The molecule has 2 aliphatic rings. The fourth-order valence-electron chi connectivity index (χ4n) is 3.80. The van der Waals surface area contributed by atoms with Gasteiger partial charge in [0.1, 0.15) is 5.60 Å². The number of hydrogen-bond donors (Lipinski definition) is 0. The van der Waals surface area contributed by atoms with E-state index >= 15 is 0 Å².